The summed E-state index contributed by atoms with van der Waals surface area (Å²) < 4.78 is 0. The summed E-state index contributed by atoms with van der Waals surface area (Å²) in [7, 11) is -0.833. The quantitative estimate of drug-likeness (QED) is 0.186. The van der Waals surface area contributed by atoms with E-state index in [0.717, 1.165) is 10.9 Å². The van der Waals surface area contributed by atoms with E-state index in [4.69, 9.17) is 5.84 Å². The number of hydrazone groups is 2. The van der Waals surface area contributed by atoms with Crippen molar-refractivity contribution in [3.8, 4) is 0 Å². The number of nitrogens with zero attached hydrogens (tertiary/aromatic N) is 2. The van der Waals surface area contributed by atoms with Gasteiger partial charge in [0.25, 0.3) is 0 Å². The van der Waals surface area contributed by atoms with E-state index in [1.54, 1.807) is 13.8 Å². The molecule has 0 heterocycles. The molecule has 0 bridgehead atoms. The lowest BCUT2D eigenvalue weighted by Crippen LogP contribution is -2.28. The lowest BCUT2D eigenvalue weighted by atomic mass is 10.2. The van der Waals surface area contributed by atoms with Crippen molar-refractivity contribution in [1.29, 1.82) is 0 Å². The number of aliphatic hydroxyl groups excluding tert-OH is 1. The van der Waals surface area contributed by atoms with Crippen LogP contribution in [-0.2, 0) is 0 Å². The fourth-order valence-corrected chi connectivity index (χ4v) is 5.39. The van der Waals surface area contributed by atoms with Crippen molar-refractivity contribution < 1.29 is 5.11 Å². The smallest absolute Gasteiger partial charge is 0.166 e. The number of nitrogens with two attached hydrogens (primary N) is 1. The number of hydrogen-bond donors (Lipinski definition) is 3. The number of hydrogen-bond acceptors (Lipinski definition) is 5. The van der Waals surface area contributed by atoms with Crippen molar-refractivity contribution in [1.82, 2.24) is 5.43 Å². The molecule has 1 atom stereocenters. The Bertz CT molecular complexity index is 951. The first kappa shape index (κ1) is 20.7. The Morgan fingerprint density at radius 3 is 1.90 bits per heavy atom. The summed E-state index contributed by atoms with van der Waals surface area (Å²) in [6.07, 6.45) is -0.954. The van der Waals surface area contributed by atoms with E-state index in [2.05, 4.69) is 46.0 Å². The molecule has 0 aliphatic heterocycles. The molecule has 0 saturated carbocycles. The van der Waals surface area contributed by atoms with Gasteiger partial charge in [0, 0.05) is 5.56 Å². The molecule has 0 spiro atoms. The number of rotatable bonds is 7. The van der Waals surface area contributed by atoms with Crippen LogP contribution in [0.25, 0.3) is 0 Å². The van der Waals surface area contributed by atoms with Gasteiger partial charge in [-0.05, 0) is 37.7 Å². The molecule has 1 unspecified atom stereocenters. The molecule has 3 aromatic rings. The molecular weight excluding hydrogens is 379 g/mol. The van der Waals surface area contributed by atoms with E-state index >= 15 is 0 Å². The Kier molecular flexibility index (Phi) is 7.12. The Morgan fingerprint density at radius 2 is 1.34 bits per heavy atom. The van der Waals surface area contributed by atoms with E-state index < -0.39 is 14.1 Å². The molecule has 3 aromatic carbocycles. The van der Waals surface area contributed by atoms with E-state index in [0.29, 0.717) is 11.4 Å². The first-order valence-corrected chi connectivity index (χ1v) is 10.7. The highest BCUT2D eigenvalue weighted by Gasteiger charge is 2.22. The zero-order valence-corrected chi connectivity index (χ0v) is 17.4. The van der Waals surface area contributed by atoms with Crippen LogP contribution < -0.4 is 27.2 Å². The zero-order chi connectivity index (χ0) is 20.6. The predicted molar refractivity (Wildman–Crippen MR) is 124 cm³/mol. The molecule has 148 valence electrons. The standard InChI is InChI=1S/C23H25N4OP/c1-17(25-24)18(2)26-27-23(28)21-15-9-10-16-22(21)29(19-11-5-3-6-12-19)20-13-7-4-8-14-20/h3-16,23,27-28H,24H2,1-2H3/b25-17+,26-18+. The monoisotopic (exact) mass is 404 g/mol. The van der Waals surface area contributed by atoms with Gasteiger partial charge in [0.15, 0.2) is 6.23 Å². The van der Waals surface area contributed by atoms with Crippen molar-refractivity contribution in [2.24, 2.45) is 16.0 Å². The molecule has 0 amide bonds. The Labute approximate surface area is 172 Å². The molecule has 3 rings (SSSR count). The molecule has 5 nitrogen and oxygen atoms in total. The summed E-state index contributed by atoms with van der Waals surface area (Å²) in [5.41, 5.74) is 4.85. The maximum absolute atomic E-state index is 10.9. The lowest BCUT2D eigenvalue weighted by molar-refractivity contribution is 0.142. The topological polar surface area (TPSA) is 83.0 Å². The highest BCUT2D eigenvalue weighted by molar-refractivity contribution is 7.79. The summed E-state index contributed by atoms with van der Waals surface area (Å²) in [5, 5.41) is 22.3. The second kappa shape index (κ2) is 9.97. The molecule has 0 saturated heterocycles. The van der Waals surface area contributed by atoms with Crippen LogP contribution in [0.3, 0.4) is 0 Å². The lowest BCUT2D eigenvalue weighted by Gasteiger charge is -2.24. The van der Waals surface area contributed by atoms with Gasteiger partial charge >= 0.3 is 0 Å². The Hall–Kier alpha value is -3.01. The number of aliphatic hydroxyl groups is 1. The third kappa shape index (κ3) is 5.08. The molecule has 6 heteroatoms. The van der Waals surface area contributed by atoms with Crippen LogP contribution in [0.15, 0.2) is 95.1 Å². The van der Waals surface area contributed by atoms with Crippen LogP contribution >= 0.6 is 7.92 Å². The first-order valence-electron chi connectivity index (χ1n) is 9.33. The molecular formula is C23H25N4OP. The maximum atomic E-state index is 10.9. The van der Waals surface area contributed by atoms with E-state index in [1.807, 2.05) is 54.6 Å². The third-order valence-corrected chi connectivity index (χ3v) is 7.09. The molecule has 0 radical (unpaired) electrons. The van der Waals surface area contributed by atoms with Gasteiger partial charge in [-0.1, -0.05) is 84.9 Å². The van der Waals surface area contributed by atoms with Gasteiger partial charge in [0.1, 0.15) is 0 Å². The molecule has 4 N–H and O–H groups in total. The van der Waals surface area contributed by atoms with Crippen LogP contribution in [-0.4, -0.2) is 16.5 Å². The number of benzene rings is 3. The average Bonchev–Trinajstić information content (AvgIpc) is 2.78. The summed E-state index contributed by atoms with van der Waals surface area (Å²) >= 11 is 0. The van der Waals surface area contributed by atoms with E-state index in [9.17, 15) is 5.11 Å². The van der Waals surface area contributed by atoms with E-state index in [1.165, 1.54) is 10.6 Å². The zero-order valence-electron chi connectivity index (χ0n) is 16.5. The summed E-state index contributed by atoms with van der Waals surface area (Å²) in [4.78, 5) is 0. The summed E-state index contributed by atoms with van der Waals surface area (Å²) in [6.45, 7) is 3.56. The van der Waals surface area contributed by atoms with Gasteiger partial charge in [-0.25, -0.2) is 0 Å². The van der Waals surface area contributed by atoms with E-state index in [-0.39, 0.29) is 0 Å². The van der Waals surface area contributed by atoms with Crippen LogP contribution in [0, 0.1) is 0 Å². The predicted octanol–water partition coefficient (Wildman–Crippen LogP) is 2.74. The van der Waals surface area contributed by atoms with Crippen LogP contribution in [0.5, 0.6) is 0 Å². The van der Waals surface area contributed by atoms with Crippen molar-refractivity contribution in [3.05, 3.63) is 90.5 Å². The SMILES string of the molecule is CC(=N\N)/C(C)=N/NC(O)c1ccccc1P(c1ccccc1)c1ccccc1. The summed E-state index contributed by atoms with van der Waals surface area (Å²) in [6, 6.07) is 28.7. The normalized spacial score (nSPS) is 13.4. The van der Waals surface area contributed by atoms with Gasteiger partial charge in [-0.15, -0.1) is 0 Å². The fraction of sp³-hybridized carbons (Fsp3) is 0.130. The van der Waals surface area contributed by atoms with Crippen molar-refractivity contribution in [2.75, 3.05) is 0 Å². The minimum absolute atomic E-state index is 0.605. The molecule has 0 fully saturated rings. The largest absolute Gasteiger partial charge is 0.368 e. The fourth-order valence-electron chi connectivity index (χ4n) is 2.91. The van der Waals surface area contributed by atoms with Crippen LogP contribution in [0.4, 0.5) is 0 Å². The number of nitrogens with one attached hydrogen (secondary N) is 1. The van der Waals surface area contributed by atoms with Crippen molar-refractivity contribution in [2.45, 2.75) is 20.1 Å². The Balaban J connectivity index is 2.03. The van der Waals surface area contributed by atoms with Gasteiger partial charge in [-0.2, -0.15) is 10.2 Å². The maximum Gasteiger partial charge on any atom is 0.166 e. The molecule has 0 aliphatic rings. The highest BCUT2D eigenvalue weighted by Crippen LogP contribution is 2.35. The second-order valence-electron chi connectivity index (χ2n) is 6.51. The highest BCUT2D eigenvalue weighted by atomic mass is 31.1. The molecule has 0 aromatic heterocycles. The first-order chi connectivity index (χ1) is 14.1. The minimum atomic E-state index is -0.954. The molecule has 29 heavy (non-hydrogen) atoms. The van der Waals surface area contributed by atoms with Gasteiger partial charge in [0.2, 0.25) is 0 Å². The van der Waals surface area contributed by atoms with Crippen molar-refractivity contribution >= 4 is 35.3 Å². The second-order valence-corrected chi connectivity index (χ2v) is 8.69. The van der Waals surface area contributed by atoms with Crippen LogP contribution in [0.1, 0.15) is 25.6 Å². The van der Waals surface area contributed by atoms with Gasteiger partial charge < -0.3 is 10.9 Å². The van der Waals surface area contributed by atoms with Gasteiger partial charge in [0.05, 0.1) is 11.4 Å². The summed E-state index contributed by atoms with van der Waals surface area (Å²) in [5.74, 6) is 5.30. The van der Waals surface area contributed by atoms with Gasteiger partial charge in [-0.3, -0.25) is 5.43 Å². The van der Waals surface area contributed by atoms with Crippen molar-refractivity contribution in [3.63, 3.8) is 0 Å². The Morgan fingerprint density at radius 1 is 0.828 bits per heavy atom. The van der Waals surface area contributed by atoms with Crippen LogP contribution in [0.2, 0.25) is 0 Å². The minimum Gasteiger partial charge on any atom is -0.368 e. The molecule has 0 aliphatic carbocycles. The third-order valence-electron chi connectivity index (χ3n) is 4.57. The average molecular weight is 404 g/mol.